The Morgan fingerprint density at radius 3 is 2.63 bits per heavy atom. The summed E-state index contributed by atoms with van der Waals surface area (Å²) in [6.07, 6.45) is 8.34. The van der Waals surface area contributed by atoms with Gasteiger partial charge in [-0.2, -0.15) is 5.10 Å². The summed E-state index contributed by atoms with van der Waals surface area (Å²) in [6.45, 7) is 0.363. The molecule has 1 aliphatic carbocycles. The first-order valence-corrected chi connectivity index (χ1v) is 9.62. The second kappa shape index (κ2) is 7.92. The first kappa shape index (κ1) is 17.7. The molecule has 0 saturated heterocycles. The van der Waals surface area contributed by atoms with E-state index in [2.05, 4.69) is 21.0 Å². The SMILES string of the molecule is O=C(NCc1cc(-c2ccncc2)n(C2CCCC2)n1)c1ccccc1Cl. The van der Waals surface area contributed by atoms with E-state index in [1.807, 2.05) is 18.2 Å². The van der Waals surface area contributed by atoms with Gasteiger partial charge in [0, 0.05) is 18.0 Å². The highest BCUT2D eigenvalue weighted by Crippen LogP contribution is 2.33. The molecule has 1 amide bonds. The van der Waals surface area contributed by atoms with Crippen LogP contribution < -0.4 is 5.32 Å². The minimum atomic E-state index is -0.193. The number of hydrogen-bond acceptors (Lipinski definition) is 3. The zero-order valence-corrected chi connectivity index (χ0v) is 15.7. The van der Waals surface area contributed by atoms with Crippen molar-refractivity contribution in [1.29, 1.82) is 0 Å². The van der Waals surface area contributed by atoms with Gasteiger partial charge in [0.15, 0.2) is 0 Å². The van der Waals surface area contributed by atoms with Crippen LogP contribution in [0.25, 0.3) is 11.3 Å². The van der Waals surface area contributed by atoms with E-state index in [-0.39, 0.29) is 5.91 Å². The van der Waals surface area contributed by atoms with E-state index in [0.717, 1.165) is 29.8 Å². The number of rotatable bonds is 5. The summed E-state index contributed by atoms with van der Waals surface area (Å²) in [5.41, 5.74) is 3.48. The normalized spacial score (nSPS) is 14.4. The van der Waals surface area contributed by atoms with Gasteiger partial charge in [-0.05, 0) is 43.2 Å². The molecule has 0 atom stereocenters. The van der Waals surface area contributed by atoms with Gasteiger partial charge in [-0.1, -0.05) is 36.6 Å². The topological polar surface area (TPSA) is 59.8 Å². The van der Waals surface area contributed by atoms with Gasteiger partial charge in [-0.15, -0.1) is 0 Å². The van der Waals surface area contributed by atoms with Crippen LogP contribution in [0.3, 0.4) is 0 Å². The third kappa shape index (κ3) is 3.88. The predicted octanol–water partition coefficient (Wildman–Crippen LogP) is 4.64. The number of hydrogen-bond donors (Lipinski definition) is 1. The lowest BCUT2D eigenvalue weighted by Gasteiger charge is -2.14. The molecule has 0 unspecified atom stereocenters. The number of amides is 1. The molecule has 1 aliphatic rings. The molecule has 1 aromatic carbocycles. The smallest absolute Gasteiger partial charge is 0.253 e. The second-order valence-electron chi connectivity index (χ2n) is 6.80. The first-order chi connectivity index (χ1) is 13.2. The maximum Gasteiger partial charge on any atom is 0.253 e. The summed E-state index contributed by atoms with van der Waals surface area (Å²) in [4.78, 5) is 16.5. The molecule has 2 heterocycles. The summed E-state index contributed by atoms with van der Waals surface area (Å²) in [5, 5.41) is 8.18. The maximum absolute atomic E-state index is 12.4. The number of benzene rings is 1. The fraction of sp³-hybridized carbons (Fsp3) is 0.286. The molecule has 2 aromatic heterocycles. The molecule has 0 bridgehead atoms. The highest BCUT2D eigenvalue weighted by molar-refractivity contribution is 6.33. The van der Waals surface area contributed by atoms with Crippen molar-refractivity contribution in [3.05, 3.63) is 71.1 Å². The molecule has 4 rings (SSSR count). The average molecular weight is 381 g/mol. The summed E-state index contributed by atoms with van der Waals surface area (Å²) in [6, 6.07) is 13.5. The Balaban J connectivity index is 1.56. The predicted molar refractivity (Wildman–Crippen MR) is 106 cm³/mol. The van der Waals surface area contributed by atoms with Crippen LogP contribution in [0.5, 0.6) is 0 Å². The quantitative estimate of drug-likeness (QED) is 0.701. The van der Waals surface area contributed by atoms with Crippen molar-refractivity contribution in [2.75, 3.05) is 0 Å². The Hall–Kier alpha value is -2.66. The number of aromatic nitrogens is 3. The minimum absolute atomic E-state index is 0.193. The first-order valence-electron chi connectivity index (χ1n) is 9.24. The Morgan fingerprint density at radius 1 is 1.15 bits per heavy atom. The van der Waals surface area contributed by atoms with Crippen LogP contribution in [0.15, 0.2) is 54.9 Å². The molecule has 0 spiro atoms. The van der Waals surface area contributed by atoms with E-state index in [0.29, 0.717) is 23.2 Å². The van der Waals surface area contributed by atoms with Crippen LogP contribution in [-0.4, -0.2) is 20.7 Å². The van der Waals surface area contributed by atoms with E-state index in [9.17, 15) is 4.79 Å². The van der Waals surface area contributed by atoms with E-state index in [1.54, 1.807) is 30.6 Å². The fourth-order valence-corrected chi connectivity index (χ4v) is 3.83. The monoisotopic (exact) mass is 380 g/mol. The molecule has 5 nitrogen and oxygen atoms in total. The molecule has 1 N–H and O–H groups in total. The van der Waals surface area contributed by atoms with E-state index < -0.39 is 0 Å². The number of carbonyl (C=O) groups is 1. The summed E-state index contributed by atoms with van der Waals surface area (Å²) in [5.74, 6) is -0.193. The van der Waals surface area contributed by atoms with Crippen LogP contribution in [-0.2, 0) is 6.54 Å². The molecule has 1 saturated carbocycles. The average Bonchev–Trinajstić information content (AvgIpc) is 3.37. The van der Waals surface area contributed by atoms with E-state index in [1.165, 1.54) is 12.8 Å². The van der Waals surface area contributed by atoms with Gasteiger partial charge < -0.3 is 5.32 Å². The standard InChI is InChI=1S/C21H21ClN4O/c22-19-8-4-3-7-18(19)21(27)24-14-16-13-20(15-9-11-23-12-10-15)26(25-16)17-5-1-2-6-17/h3-4,7-13,17H,1-2,5-6,14H2,(H,24,27). The number of halogens is 1. The van der Waals surface area contributed by atoms with Crippen LogP contribution in [0.2, 0.25) is 5.02 Å². The Labute approximate surface area is 163 Å². The van der Waals surface area contributed by atoms with Crippen molar-refractivity contribution in [1.82, 2.24) is 20.1 Å². The lowest BCUT2D eigenvalue weighted by atomic mass is 10.1. The molecular formula is C21H21ClN4O. The van der Waals surface area contributed by atoms with E-state index in [4.69, 9.17) is 16.7 Å². The maximum atomic E-state index is 12.4. The Kier molecular flexibility index (Phi) is 5.21. The minimum Gasteiger partial charge on any atom is -0.346 e. The highest BCUT2D eigenvalue weighted by atomic mass is 35.5. The molecule has 27 heavy (non-hydrogen) atoms. The van der Waals surface area contributed by atoms with Crippen molar-refractivity contribution < 1.29 is 4.79 Å². The molecule has 138 valence electrons. The Bertz CT molecular complexity index is 932. The van der Waals surface area contributed by atoms with Gasteiger partial charge in [0.2, 0.25) is 0 Å². The van der Waals surface area contributed by atoms with Gasteiger partial charge >= 0.3 is 0 Å². The summed E-state index contributed by atoms with van der Waals surface area (Å²) in [7, 11) is 0. The van der Waals surface area contributed by atoms with Crippen molar-refractivity contribution >= 4 is 17.5 Å². The fourth-order valence-electron chi connectivity index (χ4n) is 3.61. The van der Waals surface area contributed by atoms with E-state index >= 15 is 0 Å². The van der Waals surface area contributed by atoms with Crippen LogP contribution >= 0.6 is 11.6 Å². The van der Waals surface area contributed by atoms with Gasteiger partial charge in [0.05, 0.1) is 34.6 Å². The van der Waals surface area contributed by atoms with Crippen molar-refractivity contribution in [2.45, 2.75) is 38.3 Å². The lowest BCUT2D eigenvalue weighted by molar-refractivity contribution is 0.0950. The lowest BCUT2D eigenvalue weighted by Crippen LogP contribution is -2.23. The van der Waals surface area contributed by atoms with Crippen molar-refractivity contribution in [3.63, 3.8) is 0 Å². The molecule has 6 heteroatoms. The third-order valence-electron chi connectivity index (χ3n) is 4.98. The number of pyridine rings is 1. The molecule has 0 aliphatic heterocycles. The highest BCUT2D eigenvalue weighted by Gasteiger charge is 2.22. The number of carbonyl (C=O) groups excluding carboxylic acids is 1. The summed E-state index contributed by atoms with van der Waals surface area (Å²) >= 11 is 6.11. The van der Waals surface area contributed by atoms with Gasteiger partial charge in [0.25, 0.3) is 5.91 Å². The van der Waals surface area contributed by atoms with Crippen LogP contribution in [0, 0.1) is 0 Å². The second-order valence-corrected chi connectivity index (χ2v) is 7.21. The van der Waals surface area contributed by atoms with Crippen molar-refractivity contribution in [3.8, 4) is 11.3 Å². The van der Waals surface area contributed by atoms with Crippen LogP contribution in [0.4, 0.5) is 0 Å². The number of nitrogens with one attached hydrogen (secondary N) is 1. The largest absolute Gasteiger partial charge is 0.346 e. The van der Waals surface area contributed by atoms with Crippen molar-refractivity contribution in [2.24, 2.45) is 0 Å². The molecule has 1 fully saturated rings. The zero-order chi connectivity index (χ0) is 18.6. The Morgan fingerprint density at radius 2 is 1.89 bits per heavy atom. The third-order valence-corrected chi connectivity index (χ3v) is 5.31. The summed E-state index contributed by atoms with van der Waals surface area (Å²) < 4.78 is 2.12. The van der Waals surface area contributed by atoms with Gasteiger partial charge in [0.1, 0.15) is 0 Å². The molecule has 0 radical (unpaired) electrons. The van der Waals surface area contributed by atoms with Crippen LogP contribution in [0.1, 0.15) is 47.8 Å². The number of nitrogens with zero attached hydrogens (tertiary/aromatic N) is 3. The molecule has 3 aromatic rings. The zero-order valence-electron chi connectivity index (χ0n) is 14.9. The van der Waals surface area contributed by atoms with Gasteiger partial charge in [-0.3, -0.25) is 14.5 Å². The molecular weight excluding hydrogens is 360 g/mol. The van der Waals surface area contributed by atoms with Gasteiger partial charge in [-0.25, -0.2) is 0 Å².